The number of hydrogen-bond acceptors (Lipinski definition) is 6. The number of hydrogen-bond donors (Lipinski definition) is 2. The maximum Gasteiger partial charge on any atom is 0.224 e. The number of likely N-dealkylation sites (N-methyl/N-ethyl adjacent to an activating group) is 1. The smallest absolute Gasteiger partial charge is 0.224 e. The van der Waals surface area contributed by atoms with E-state index in [1.54, 1.807) is 6.20 Å². The van der Waals surface area contributed by atoms with Gasteiger partial charge in [0, 0.05) is 26.2 Å². The third-order valence-corrected chi connectivity index (χ3v) is 6.52. The van der Waals surface area contributed by atoms with Crippen LogP contribution in [0.1, 0.15) is 30.7 Å². The first kappa shape index (κ1) is 17.4. The number of fused-ring (bicyclic) bond motifs is 1. The summed E-state index contributed by atoms with van der Waals surface area (Å²) in [6.45, 7) is 4.31. The number of nitrogens with two attached hydrogens (primary N) is 1. The van der Waals surface area contributed by atoms with Gasteiger partial charge in [0.15, 0.2) is 5.65 Å². The van der Waals surface area contributed by atoms with Gasteiger partial charge in [0.25, 0.3) is 0 Å². The predicted octanol–water partition coefficient (Wildman–Crippen LogP) is 2.64. The van der Waals surface area contributed by atoms with Crippen molar-refractivity contribution < 1.29 is 0 Å². The van der Waals surface area contributed by atoms with Gasteiger partial charge in [-0.2, -0.15) is 15.1 Å². The Kier molecular flexibility index (Phi) is 4.19. The Hall–Kier alpha value is -2.67. The van der Waals surface area contributed by atoms with E-state index in [4.69, 9.17) is 5.73 Å². The number of nitrogen functional groups attached to an aromatic ring is 1. The lowest BCUT2D eigenvalue weighted by Gasteiger charge is -2.49. The molecule has 2 aliphatic heterocycles. The van der Waals surface area contributed by atoms with Gasteiger partial charge in [-0.05, 0) is 43.2 Å². The lowest BCUT2D eigenvalue weighted by molar-refractivity contribution is 0.0671. The summed E-state index contributed by atoms with van der Waals surface area (Å²) in [6, 6.07) is 11.0. The van der Waals surface area contributed by atoms with E-state index in [0.717, 1.165) is 30.8 Å². The molecule has 1 unspecified atom stereocenters. The molecule has 0 amide bonds. The Bertz CT molecular complexity index is 959. The van der Waals surface area contributed by atoms with Crippen molar-refractivity contribution in [1.29, 1.82) is 0 Å². The van der Waals surface area contributed by atoms with Crippen molar-refractivity contribution in [2.45, 2.75) is 25.2 Å². The summed E-state index contributed by atoms with van der Waals surface area (Å²) in [4.78, 5) is 13.6. The van der Waals surface area contributed by atoms with Crippen LogP contribution in [-0.2, 0) is 0 Å². The van der Waals surface area contributed by atoms with Gasteiger partial charge in [0.05, 0.1) is 11.6 Å². The standard InChI is InChI=1S/C21H27N7/c1-27-13-16(15-5-3-2-4-6-15)11-21(14-27)7-9-28(10-8-21)19-17-12-23-26-18(17)24-20(22)25-19/h2-6,12,16H,7-11,13-14H2,1H3,(H3,22,23,24,25,26). The number of piperidine rings is 2. The second kappa shape index (κ2) is 6.74. The van der Waals surface area contributed by atoms with E-state index in [0.29, 0.717) is 22.9 Å². The first-order valence-corrected chi connectivity index (χ1v) is 10.1. The van der Waals surface area contributed by atoms with Crippen LogP contribution in [0.4, 0.5) is 11.8 Å². The summed E-state index contributed by atoms with van der Waals surface area (Å²) in [5, 5.41) is 7.98. The van der Waals surface area contributed by atoms with Crippen LogP contribution in [0, 0.1) is 5.41 Å². The van der Waals surface area contributed by atoms with Crippen LogP contribution in [0.3, 0.4) is 0 Å². The van der Waals surface area contributed by atoms with Gasteiger partial charge in [-0.15, -0.1) is 0 Å². The van der Waals surface area contributed by atoms with Gasteiger partial charge in [0.2, 0.25) is 5.95 Å². The quantitative estimate of drug-likeness (QED) is 0.714. The van der Waals surface area contributed by atoms with E-state index in [1.807, 2.05) is 0 Å². The minimum Gasteiger partial charge on any atom is -0.368 e. The second-order valence-corrected chi connectivity index (χ2v) is 8.53. The first-order valence-electron chi connectivity index (χ1n) is 10.1. The third-order valence-electron chi connectivity index (χ3n) is 6.52. The topological polar surface area (TPSA) is 87.0 Å². The van der Waals surface area contributed by atoms with Gasteiger partial charge in [0.1, 0.15) is 5.82 Å². The molecule has 2 aliphatic rings. The minimum absolute atomic E-state index is 0.300. The molecular formula is C21H27N7. The zero-order valence-corrected chi connectivity index (χ0v) is 16.3. The highest BCUT2D eigenvalue weighted by molar-refractivity contribution is 5.87. The molecule has 1 aromatic carbocycles. The summed E-state index contributed by atoms with van der Waals surface area (Å²) in [6.07, 6.45) is 5.41. The number of nitrogens with zero attached hydrogens (tertiary/aromatic N) is 5. The minimum atomic E-state index is 0.300. The van der Waals surface area contributed by atoms with Crippen molar-refractivity contribution in [2.24, 2.45) is 5.41 Å². The Morgan fingerprint density at radius 1 is 1.14 bits per heavy atom. The van der Waals surface area contributed by atoms with Crippen molar-refractivity contribution >= 4 is 22.8 Å². The van der Waals surface area contributed by atoms with Crippen molar-refractivity contribution in [2.75, 3.05) is 43.9 Å². The van der Waals surface area contributed by atoms with E-state index in [-0.39, 0.29) is 0 Å². The molecule has 4 heterocycles. The van der Waals surface area contributed by atoms with Gasteiger partial charge in [-0.1, -0.05) is 30.3 Å². The fourth-order valence-corrected chi connectivity index (χ4v) is 5.25. The number of aromatic nitrogens is 4. The number of anilines is 2. The average Bonchev–Trinajstić information content (AvgIpc) is 3.16. The maximum absolute atomic E-state index is 5.92. The molecule has 146 valence electrons. The Morgan fingerprint density at radius 2 is 1.93 bits per heavy atom. The molecule has 2 aromatic heterocycles. The van der Waals surface area contributed by atoms with Gasteiger partial charge in [-0.25, -0.2) is 0 Å². The summed E-state index contributed by atoms with van der Waals surface area (Å²) < 4.78 is 0. The third kappa shape index (κ3) is 3.09. The number of rotatable bonds is 2. The zero-order chi connectivity index (χ0) is 19.1. The van der Waals surface area contributed by atoms with Crippen LogP contribution in [0.15, 0.2) is 36.5 Å². The number of H-pyrrole nitrogens is 1. The maximum atomic E-state index is 5.92. The fraction of sp³-hybridized carbons (Fsp3) is 0.476. The molecule has 2 fully saturated rings. The molecule has 0 radical (unpaired) electrons. The van der Waals surface area contributed by atoms with Crippen LogP contribution >= 0.6 is 0 Å². The van der Waals surface area contributed by atoms with Crippen LogP contribution in [0.2, 0.25) is 0 Å². The van der Waals surface area contributed by atoms with E-state index >= 15 is 0 Å². The molecule has 28 heavy (non-hydrogen) atoms. The predicted molar refractivity (Wildman–Crippen MR) is 111 cm³/mol. The van der Waals surface area contributed by atoms with Crippen LogP contribution in [0.5, 0.6) is 0 Å². The molecule has 5 rings (SSSR count). The average molecular weight is 377 g/mol. The Labute approximate surface area is 165 Å². The second-order valence-electron chi connectivity index (χ2n) is 8.53. The molecule has 2 saturated heterocycles. The number of benzene rings is 1. The zero-order valence-electron chi connectivity index (χ0n) is 16.3. The lowest BCUT2D eigenvalue weighted by Crippen LogP contribution is -2.50. The Balaban J connectivity index is 1.36. The van der Waals surface area contributed by atoms with Crippen molar-refractivity contribution in [3.05, 3.63) is 42.1 Å². The molecule has 3 N–H and O–H groups in total. The van der Waals surface area contributed by atoms with Gasteiger partial charge >= 0.3 is 0 Å². The fourth-order valence-electron chi connectivity index (χ4n) is 5.25. The highest BCUT2D eigenvalue weighted by atomic mass is 15.2. The lowest BCUT2D eigenvalue weighted by atomic mass is 9.68. The highest BCUT2D eigenvalue weighted by Crippen LogP contribution is 2.45. The summed E-state index contributed by atoms with van der Waals surface area (Å²) in [7, 11) is 2.27. The molecule has 1 atom stereocenters. The van der Waals surface area contributed by atoms with E-state index in [9.17, 15) is 0 Å². The largest absolute Gasteiger partial charge is 0.368 e. The summed E-state index contributed by atoms with van der Waals surface area (Å²) in [5.74, 6) is 1.82. The van der Waals surface area contributed by atoms with E-state index < -0.39 is 0 Å². The number of aromatic amines is 1. The normalized spacial score (nSPS) is 22.8. The van der Waals surface area contributed by atoms with E-state index in [1.165, 1.54) is 31.4 Å². The molecule has 0 saturated carbocycles. The Morgan fingerprint density at radius 3 is 2.71 bits per heavy atom. The molecule has 0 bridgehead atoms. The van der Waals surface area contributed by atoms with Crippen LogP contribution in [-0.4, -0.2) is 58.3 Å². The first-order chi connectivity index (χ1) is 13.6. The highest BCUT2D eigenvalue weighted by Gasteiger charge is 2.41. The summed E-state index contributed by atoms with van der Waals surface area (Å²) >= 11 is 0. The molecule has 3 aromatic rings. The van der Waals surface area contributed by atoms with Crippen molar-refractivity contribution in [3.63, 3.8) is 0 Å². The van der Waals surface area contributed by atoms with Crippen LogP contribution < -0.4 is 10.6 Å². The van der Waals surface area contributed by atoms with Gasteiger partial charge < -0.3 is 15.5 Å². The number of likely N-dealkylation sites (tertiary alicyclic amines) is 1. The van der Waals surface area contributed by atoms with Gasteiger partial charge in [-0.3, -0.25) is 5.10 Å². The van der Waals surface area contributed by atoms with Crippen LogP contribution in [0.25, 0.3) is 11.0 Å². The molecule has 0 aliphatic carbocycles. The van der Waals surface area contributed by atoms with E-state index in [2.05, 4.69) is 67.3 Å². The summed E-state index contributed by atoms with van der Waals surface area (Å²) in [5.41, 5.74) is 8.48. The SMILES string of the molecule is CN1CC(c2ccccc2)CC2(CCN(c3nc(N)nc4[nH]ncc34)CC2)C1. The molecule has 7 heteroatoms. The van der Waals surface area contributed by atoms with Crippen molar-refractivity contribution in [3.8, 4) is 0 Å². The van der Waals surface area contributed by atoms with Crippen molar-refractivity contribution in [1.82, 2.24) is 25.1 Å². The molecular weight excluding hydrogens is 350 g/mol. The molecule has 7 nitrogen and oxygen atoms in total. The molecule has 1 spiro atoms. The monoisotopic (exact) mass is 377 g/mol. The number of nitrogens with one attached hydrogen (secondary N) is 1.